The van der Waals surface area contributed by atoms with Crippen LogP contribution >= 0.6 is 0 Å². The van der Waals surface area contributed by atoms with Gasteiger partial charge in [-0.3, -0.25) is 9.59 Å². The average Bonchev–Trinajstić information content (AvgIpc) is 2.42. The lowest BCUT2D eigenvalue weighted by Gasteiger charge is -2.16. The summed E-state index contributed by atoms with van der Waals surface area (Å²) < 4.78 is 14.5. The molecular weight excluding hydrogens is 266 g/mol. The third-order valence-corrected chi connectivity index (χ3v) is 2.18. The van der Waals surface area contributed by atoms with Gasteiger partial charge in [-0.15, -0.1) is 0 Å². The minimum atomic E-state index is -1.05. The second kappa shape index (κ2) is 11.2. The molecule has 0 rings (SSSR count). The zero-order valence-electron chi connectivity index (χ0n) is 12.3. The molecule has 1 N–H and O–H groups in total. The van der Waals surface area contributed by atoms with Gasteiger partial charge in [0.2, 0.25) is 5.91 Å². The van der Waals surface area contributed by atoms with Crippen LogP contribution in [0.25, 0.3) is 0 Å². The number of hydrogen-bond acceptors (Lipinski definition) is 6. The second-order valence-electron chi connectivity index (χ2n) is 4.15. The molecule has 0 aromatic rings. The molecular formula is C13H23NO6. The first-order valence-corrected chi connectivity index (χ1v) is 6.65. The molecule has 0 bridgehead atoms. The zero-order chi connectivity index (χ0) is 15.4. The molecule has 7 nitrogen and oxygen atoms in total. The van der Waals surface area contributed by atoms with E-state index in [1.54, 1.807) is 0 Å². The highest BCUT2D eigenvalue weighted by Crippen LogP contribution is 2.00. The van der Waals surface area contributed by atoms with Gasteiger partial charge in [-0.05, 0) is 12.8 Å². The van der Waals surface area contributed by atoms with E-state index in [0.717, 1.165) is 0 Å². The molecule has 0 spiro atoms. The number of carbonyl (C=O) groups excluding carboxylic acids is 3. The van der Waals surface area contributed by atoms with E-state index in [0.29, 0.717) is 12.8 Å². The van der Waals surface area contributed by atoms with E-state index in [1.807, 2.05) is 13.8 Å². The maximum Gasteiger partial charge on any atom is 0.329 e. The Kier molecular flexibility index (Phi) is 10.3. The number of methoxy groups -OCH3 is 1. The van der Waals surface area contributed by atoms with Crippen LogP contribution in [0.1, 0.15) is 33.1 Å². The summed E-state index contributed by atoms with van der Waals surface area (Å²) in [6, 6.07) is -1.05. The number of hydrogen-bond donors (Lipinski definition) is 1. The van der Waals surface area contributed by atoms with E-state index >= 15 is 0 Å². The molecule has 1 atom stereocenters. The minimum absolute atomic E-state index is 0.193. The Morgan fingerprint density at radius 1 is 1.05 bits per heavy atom. The molecule has 0 aliphatic carbocycles. The summed E-state index contributed by atoms with van der Waals surface area (Å²) in [6.07, 6.45) is 1.09. The van der Waals surface area contributed by atoms with Gasteiger partial charge in [0.1, 0.15) is 12.6 Å². The summed E-state index contributed by atoms with van der Waals surface area (Å²) in [6.45, 7) is 4.03. The Morgan fingerprint density at radius 3 is 2.20 bits per heavy atom. The van der Waals surface area contributed by atoms with Gasteiger partial charge in [0.25, 0.3) is 0 Å². The lowest BCUT2D eigenvalue weighted by atomic mass is 10.2. The standard InChI is InChI=1S/C13H23NO6/c1-4-6-19-12(16)8-10(13(17)20-7-5-2)14-11(15)9-18-3/h10H,4-9H2,1-3H3,(H,14,15). The number of amides is 1. The van der Waals surface area contributed by atoms with Gasteiger partial charge in [-0.1, -0.05) is 13.8 Å². The summed E-state index contributed by atoms with van der Waals surface area (Å²) in [5.41, 5.74) is 0. The molecule has 0 aliphatic heterocycles. The van der Waals surface area contributed by atoms with Gasteiger partial charge in [0, 0.05) is 7.11 Å². The van der Waals surface area contributed by atoms with Gasteiger partial charge < -0.3 is 19.5 Å². The van der Waals surface area contributed by atoms with Gasteiger partial charge >= 0.3 is 11.9 Å². The fourth-order valence-electron chi connectivity index (χ4n) is 1.31. The molecule has 116 valence electrons. The van der Waals surface area contributed by atoms with Crippen molar-refractivity contribution >= 4 is 17.8 Å². The molecule has 0 radical (unpaired) electrons. The third-order valence-electron chi connectivity index (χ3n) is 2.18. The summed E-state index contributed by atoms with van der Waals surface area (Å²) in [5, 5.41) is 2.39. The van der Waals surface area contributed by atoms with Crippen molar-refractivity contribution in [2.75, 3.05) is 26.9 Å². The third kappa shape index (κ3) is 8.47. The predicted octanol–water partition coefficient (Wildman–Crippen LogP) is 0.414. The highest BCUT2D eigenvalue weighted by molar-refractivity contribution is 5.88. The smallest absolute Gasteiger partial charge is 0.329 e. The first-order chi connectivity index (χ1) is 9.54. The van der Waals surface area contributed by atoms with Crippen molar-refractivity contribution in [3.63, 3.8) is 0 Å². The van der Waals surface area contributed by atoms with E-state index in [2.05, 4.69) is 10.1 Å². The molecule has 0 fully saturated rings. The minimum Gasteiger partial charge on any atom is -0.466 e. The first kappa shape index (κ1) is 18.4. The lowest BCUT2D eigenvalue weighted by Crippen LogP contribution is -2.44. The van der Waals surface area contributed by atoms with Gasteiger partial charge in [-0.25, -0.2) is 4.79 Å². The van der Waals surface area contributed by atoms with Crippen LogP contribution in [0.15, 0.2) is 0 Å². The van der Waals surface area contributed by atoms with Crippen molar-refractivity contribution in [1.82, 2.24) is 5.32 Å². The largest absolute Gasteiger partial charge is 0.466 e. The van der Waals surface area contributed by atoms with Crippen LogP contribution in [0.2, 0.25) is 0 Å². The van der Waals surface area contributed by atoms with Crippen molar-refractivity contribution in [3.8, 4) is 0 Å². The molecule has 0 saturated heterocycles. The van der Waals surface area contributed by atoms with Crippen LogP contribution < -0.4 is 5.32 Å². The summed E-state index contributed by atoms with van der Waals surface area (Å²) in [4.78, 5) is 34.7. The maximum absolute atomic E-state index is 11.8. The molecule has 0 aromatic carbocycles. The molecule has 0 heterocycles. The molecule has 7 heteroatoms. The fraction of sp³-hybridized carbons (Fsp3) is 0.769. The van der Waals surface area contributed by atoms with Crippen molar-refractivity contribution < 1.29 is 28.6 Å². The first-order valence-electron chi connectivity index (χ1n) is 6.65. The average molecular weight is 289 g/mol. The Hall–Kier alpha value is -1.63. The molecule has 0 aliphatic rings. The fourth-order valence-corrected chi connectivity index (χ4v) is 1.31. The number of ether oxygens (including phenoxy) is 3. The van der Waals surface area contributed by atoms with Crippen molar-refractivity contribution in [2.24, 2.45) is 0 Å². The number of rotatable bonds is 10. The normalized spacial score (nSPS) is 11.6. The van der Waals surface area contributed by atoms with E-state index in [4.69, 9.17) is 9.47 Å². The second-order valence-corrected chi connectivity index (χ2v) is 4.15. The maximum atomic E-state index is 11.8. The van der Waals surface area contributed by atoms with Crippen LogP contribution in [0, 0.1) is 0 Å². The molecule has 0 aromatic heterocycles. The van der Waals surface area contributed by atoms with E-state index in [-0.39, 0.29) is 26.2 Å². The summed E-state index contributed by atoms with van der Waals surface area (Å²) in [5.74, 6) is -1.69. The SMILES string of the molecule is CCCOC(=O)CC(NC(=O)COC)C(=O)OCCC. The van der Waals surface area contributed by atoms with Gasteiger partial charge in [0.15, 0.2) is 0 Å². The number of nitrogens with one attached hydrogen (secondary N) is 1. The molecule has 1 unspecified atom stereocenters. The lowest BCUT2D eigenvalue weighted by molar-refractivity contribution is -0.154. The van der Waals surface area contributed by atoms with Crippen LogP contribution in [0.5, 0.6) is 0 Å². The van der Waals surface area contributed by atoms with Gasteiger partial charge in [-0.2, -0.15) is 0 Å². The van der Waals surface area contributed by atoms with E-state index in [1.165, 1.54) is 7.11 Å². The monoisotopic (exact) mass is 289 g/mol. The summed E-state index contributed by atoms with van der Waals surface area (Å²) in [7, 11) is 1.36. The van der Waals surface area contributed by atoms with E-state index in [9.17, 15) is 14.4 Å². The van der Waals surface area contributed by atoms with Crippen LogP contribution in [-0.4, -0.2) is 50.8 Å². The quantitative estimate of drug-likeness (QED) is 0.586. The predicted molar refractivity (Wildman–Crippen MR) is 70.9 cm³/mol. The number of carbonyl (C=O) groups is 3. The number of esters is 2. The molecule has 1 amide bonds. The Morgan fingerprint density at radius 2 is 1.65 bits per heavy atom. The Labute approximate surface area is 118 Å². The zero-order valence-corrected chi connectivity index (χ0v) is 12.3. The molecule has 20 heavy (non-hydrogen) atoms. The van der Waals surface area contributed by atoms with E-state index < -0.39 is 23.9 Å². The van der Waals surface area contributed by atoms with Crippen molar-refractivity contribution in [2.45, 2.75) is 39.2 Å². The van der Waals surface area contributed by atoms with Crippen LogP contribution in [-0.2, 0) is 28.6 Å². The van der Waals surface area contributed by atoms with Crippen LogP contribution in [0.4, 0.5) is 0 Å². The summed E-state index contributed by atoms with van der Waals surface area (Å²) >= 11 is 0. The van der Waals surface area contributed by atoms with Crippen LogP contribution in [0.3, 0.4) is 0 Å². The topological polar surface area (TPSA) is 90.9 Å². The van der Waals surface area contributed by atoms with Gasteiger partial charge in [0.05, 0.1) is 19.6 Å². The highest BCUT2D eigenvalue weighted by atomic mass is 16.5. The Bertz CT molecular complexity index is 318. The van der Waals surface area contributed by atoms with Crippen molar-refractivity contribution in [3.05, 3.63) is 0 Å². The highest BCUT2D eigenvalue weighted by Gasteiger charge is 2.25. The Balaban J connectivity index is 4.48. The molecule has 0 saturated carbocycles. The van der Waals surface area contributed by atoms with Crippen molar-refractivity contribution in [1.29, 1.82) is 0 Å².